The Hall–Kier alpha value is -1.87. The lowest BCUT2D eigenvalue weighted by Gasteiger charge is -2.05. The van der Waals surface area contributed by atoms with E-state index in [1.807, 2.05) is 19.9 Å². The topological polar surface area (TPSA) is 74.5 Å². The third kappa shape index (κ3) is 3.25. The standard InChI is InChI=1S/C14H14BrFN6S/c1-8-5-9(2)22(20-8)13-18-19-14(21(13)17)23-7-10-3-4-12(16)11(15)6-10/h3-6H,7,17H2,1-2H3. The highest BCUT2D eigenvalue weighted by molar-refractivity contribution is 9.10. The average molecular weight is 397 g/mol. The van der Waals surface area contributed by atoms with Crippen molar-refractivity contribution in [3.05, 3.63) is 51.5 Å². The second kappa shape index (κ2) is 6.32. The smallest absolute Gasteiger partial charge is 0.271 e. The van der Waals surface area contributed by atoms with Crippen LogP contribution in [0, 0.1) is 19.7 Å². The number of halogens is 2. The number of hydrogen-bond acceptors (Lipinski definition) is 5. The second-order valence-electron chi connectivity index (χ2n) is 5.03. The largest absolute Gasteiger partial charge is 0.334 e. The van der Waals surface area contributed by atoms with Crippen LogP contribution in [0.1, 0.15) is 17.0 Å². The number of rotatable bonds is 4. The monoisotopic (exact) mass is 396 g/mol. The molecule has 0 atom stereocenters. The van der Waals surface area contributed by atoms with Gasteiger partial charge in [-0.15, -0.1) is 10.2 Å². The van der Waals surface area contributed by atoms with Gasteiger partial charge in [0.25, 0.3) is 5.95 Å². The summed E-state index contributed by atoms with van der Waals surface area (Å²) in [7, 11) is 0. The summed E-state index contributed by atoms with van der Waals surface area (Å²) in [5.41, 5.74) is 2.77. The van der Waals surface area contributed by atoms with Gasteiger partial charge in [-0.2, -0.15) is 5.10 Å². The quantitative estimate of drug-likeness (QED) is 0.541. The van der Waals surface area contributed by atoms with Crippen molar-refractivity contribution in [2.45, 2.75) is 24.8 Å². The summed E-state index contributed by atoms with van der Waals surface area (Å²) in [5, 5.41) is 13.1. The van der Waals surface area contributed by atoms with Crippen LogP contribution in [0.3, 0.4) is 0 Å². The first kappa shape index (κ1) is 16.0. The summed E-state index contributed by atoms with van der Waals surface area (Å²) < 4.78 is 16.7. The van der Waals surface area contributed by atoms with Gasteiger partial charge in [0, 0.05) is 11.4 Å². The van der Waals surface area contributed by atoms with E-state index in [2.05, 4.69) is 31.2 Å². The third-order valence-corrected chi connectivity index (χ3v) is 4.82. The Labute approximate surface area is 145 Å². The predicted molar refractivity (Wildman–Crippen MR) is 90.4 cm³/mol. The molecule has 0 saturated heterocycles. The number of aromatic nitrogens is 5. The van der Waals surface area contributed by atoms with Gasteiger partial charge in [-0.3, -0.25) is 0 Å². The molecule has 0 aliphatic rings. The fraction of sp³-hybridized carbons (Fsp3) is 0.214. The Morgan fingerprint density at radius 2 is 2.04 bits per heavy atom. The van der Waals surface area contributed by atoms with Gasteiger partial charge in [-0.1, -0.05) is 17.8 Å². The van der Waals surface area contributed by atoms with Gasteiger partial charge in [-0.25, -0.2) is 13.7 Å². The number of nitrogen functional groups attached to an aromatic ring is 1. The molecule has 9 heteroatoms. The van der Waals surface area contributed by atoms with E-state index in [0.29, 0.717) is 21.3 Å². The minimum Gasteiger partial charge on any atom is -0.334 e. The van der Waals surface area contributed by atoms with Gasteiger partial charge in [0.1, 0.15) is 5.82 Å². The van der Waals surface area contributed by atoms with Crippen LogP contribution in [0.15, 0.2) is 33.9 Å². The van der Waals surface area contributed by atoms with E-state index in [1.54, 1.807) is 16.8 Å². The van der Waals surface area contributed by atoms with E-state index in [9.17, 15) is 4.39 Å². The molecule has 0 amide bonds. The lowest BCUT2D eigenvalue weighted by atomic mass is 10.2. The molecule has 0 saturated carbocycles. The maximum atomic E-state index is 13.2. The highest BCUT2D eigenvalue weighted by Gasteiger charge is 2.15. The van der Waals surface area contributed by atoms with Gasteiger partial charge in [-0.05, 0) is 53.5 Å². The lowest BCUT2D eigenvalue weighted by molar-refractivity contribution is 0.620. The first-order valence-corrected chi connectivity index (χ1v) is 8.54. The molecule has 23 heavy (non-hydrogen) atoms. The summed E-state index contributed by atoms with van der Waals surface area (Å²) >= 11 is 4.60. The lowest BCUT2D eigenvalue weighted by Crippen LogP contribution is -2.17. The van der Waals surface area contributed by atoms with Crippen molar-refractivity contribution >= 4 is 27.7 Å². The molecule has 0 fully saturated rings. The molecule has 120 valence electrons. The Bertz CT molecular complexity index is 859. The molecule has 3 aromatic rings. The van der Waals surface area contributed by atoms with Crippen LogP contribution in [0.2, 0.25) is 0 Å². The number of nitrogens with zero attached hydrogens (tertiary/aromatic N) is 5. The van der Waals surface area contributed by atoms with Crippen LogP contribution in [0.4, 0.5) is 4.39 Å². The summed E-state index contributed by atoms with van der Waals surface area (Å²) in [6, 6.07) is 6.83. The number of hydrogen-bond donors (Lipinski definition) is 1. The first-order chi connectivity index (χ1) is 11.0. The predicted octanol–water partition coefficient (Wildman–Crippen LogP) is 2.99. The number of aryl methyl sites for hydroxylation is 2. The van der Waals surface area contributed by atoms with Crippen LogP contribution < -0.4 is 5.84 Å². The molecule has 0 aliphatic carbocycles. The number of nitrogens with two attached hydrogens (primary N) is 1. The molecule has 2 N–H and O–H groups in total. The summed E-state index contributed by atoms with van der Waals surface area (Å²) in [5.74, 6) is 6.85. The third-order valence-electron chi connectivity index (χ3n) is 3.20. The average Bonchev–Trinajstić information content (AvgIpc) is 3.02. The molecular weight excluding hydrogens is 383 g/mol. The van der Waals surface area contributed by atoms with E-state index < -0.39 is 0 Å². The summed E-state index contributed by atoms with van der Waals surface area (Å²) in [6.45, 7) is 3.83. The number of benzene rings is 1. The Morgan fingerprint density at radius 1 is 1.26 bits per heavy atom. The van der Waals surface area contributed by atoms with E-state index in [-0.39, 0.29) is 5.82 Å². The first-order valence-electron chi connectivity index (χ1n) is 6.76. The fourth-order valence-corrected chi connectivity index (χ4v) is 3.34. The Balaban J connectivity index is 1.79. The van der Waals surface area contributed by atoms with Crippen molar-refractivity contribution in [3.8, 4) is 5.95 Å². The zero-order chi connectivity index (χ0) is 16.6. The van der Waals surface area contributed by atoms with Crippen LogP contribution >= 0.6 is 27.7 Å². The Kier molecular flexibility index (Phi) is 4.40. The van der Waals surface area contributed by atoms with Gasteiger partial charge in [0.15, 0.2) is 0 Å². The van der Waals surface area contributed by atoms with Crippen molar-refractivity contribution in [2.75, 3.05) is 5.84 Å². The highest BCUT2D eigenvalue weighted by atomic mass is 79.9. The van der Waals surface area contributed by atoms with Crippen molar-refractivity contribution in [1.29, 1.82) is 0 Å². The molecule has 1 aromatic carbocycles. The molecule has 0 bridgehead atoms. The zero-order valence-corrected chi connectivity index (χ0v) is 14.9. The SMILES string of the molecule is Cc1cc(C)n(-c2nnc(SCc3ccc(F)c(Br)c3)n2N)n1. The Morgan fingerprint density at radius 3 is 2.70 bits per heavy atom. The molecule has 2 aromatic heterocycles. The molecule has 2 heterocycles. The zero-order valence-electron chi connectivity index (χ0n) is 12.5. The van der Waals surface area contributed by atoms with Crippen molar-refractivity contribution in [1.82, 2.24) is 24.7 Å². The molecule has 0 spiro atoms. The molecule has 3 rings (SSSR count). The van der Waals surface area contributed by atoms with E-state index >= 15 is 0 Å². The van der Waals surface area contributed by atoms with Crippen LogP contribution in [0.5, 0.6) is 0 Å². The van der Waals surface area contributed by atoms with Crippen LogP contribution in [-0.2, 0) is 5.75 Å². The molecule has 0 unspecified atom stereocenters. The highest BCUT2D eigenvalue weighted by Crippen LogP contribution is 2.24. The van der Waals surface area contributed by atoms with Gasteiger partial charge in [0.2, 0.25) is 5.16 Å². The molecule has 0 radical (unpaired) electrons. The maximum Gasteiger partial charge on any atom is 0.271 e. The van der Waals surface area contributed by atoms with E-state index in [4.69, 9.17) is 5.84 Å². The summed E-state index contributed by atoms with van der Waals surface area (Å²) in [4.78, 5) is 0. The molecule has 6 nitrogen and oxygen atoms in total. The minimum absolute atomic E-state index is 0.285. The summed E-state index contributed by atoms with van der Waals surface area (Å²) in [6.07, 6.45) is 0. The van der Waals surface area contributed by atoms with Gasteiger partial charge >= 0.3 is 0 Å². The van der Waals surface area contributed by atoms with E-state index in [1.165, 1.54) is 22.5 Å². The van der Waals surface area contributed by atoms with Crippen molar-refractivity contribution in [3.63, 3.8) is 0 Å². The number of thioether (sulfide) groups is 1. The van der Waals surface area contributed by atoms with Crippen LogP contribution in [-0.4, -0.2) is 24.7 Å². The van der Waals surface area contributed by atoms with E-state index in [0.717, 1.165) is 17.0 Å². The van der Waals surface area contributed by atoms with Gasteiger partial charge < -0.3 is 5.84 Å². The van der Waals surface area contributed by atoms with Gasteiger partial charge in [0.05, 0.1) is 10.2 Å². The normalized spacial score (nSPS) is 11.1. The van der Waals surface area contributed by atoms with Crippen LogP contribution in [0.25, 0.3) is 5.95 Å². The molecule has 0 aliphatic heterocycles. The maximum absolute atomic E-state index is 13.2. The molecular formula is C14H14BrFN6S. The van der Waals surface area contributed by atoms with Crippen molar-refractivity contribution in [2.24, 2.45) is 0 Å². The fourth-order valence-electron chi connectivity index (χ4n) is 2.12. The van der Waals surface area contributed by atoms with Crippen molar-refractivity contribution < 1.29 is 4.39 Å². The second-order valence-corrected chi connectivity index (χ2v) is 6.83. The minimum atomic E-state index is -0.285.